The topological polar surface area (TPSA) is 304 Å². The molecule has 0 aliphatic carbocycles. The van der Waals surface area contributed by atoms with Crippen molar-refractivity contribution in [1.29, 1.82) is 0 Å². The zero-order valence-electron chi connectivity index (χ0n) is 42.8. The van der Waals surface area contributed by atoms with Crippen LogP contribution < -0.4 is 11.1 Å². The summed E-state index contributed by atoms with van der Waals surface area (Å²) in [5, 5.41) is 2.84. The summed E-state index contributed by atoms with van der Waals surface area (Å²) in [4.78, 5) is 89.5. The molecule has 0 aromatic carbocycles. The van der Waals surface area contributed by atoms with Crippen LogP contribution in [0.15, 0.2) is 0 Å². The highest BCUT2D eigenvalue weighted by atomic mass is 16.6. The molecule has 0 saturated carbocycles. The highest BCUT2D eigenvalue weighted by Crippen LogP contribution is 2.02. The molecule has 0 aliphatic heterocycles. The van der Waals surface area contributed by atoms with Gasteiger partial charge in [-0.2, -0.15) is 0 Å². The summed E-state index contributed by atoms with van der Waals surface area (Å²) < 4.78 is 73.4. The maximum absolute atomic E-state index is 11.9. The first-order valence-electron chi connectivity index (χ1n) is 24.0. The lowest BCUT2D eigenvalue weighted by Gasteiger charge is -2.14. The van der Waals surface area contributed by atoms with Crippen molar-refractivity contribution < 1.29 is 105 Å². The van der Waals surface area contributed by atoms with Crippen molar-refractivity contribution >= 4 is 47.0 Å². The van der Waals surface area contributed by atoms with Crippen LogP contribution in [0.3, 0.4) is 0 Å². The molecule has 2 unspecified atom stereocenters. The summed E-state index contributed by atoms with van der Waals surface area (Å²) in [6.07, 6.45) is 1.84. The van der Waals surface area contributed by atoms with Gasteiger partial charge in [0, 0.05) is 25.7 Å². The maximum Gasteiger partial charge on any atom is 0.323 e. The highest BCUT2D eigenvalue weighted by molar-refractivity contribution is 5.82. The third kappa shape index (κ3) is 55.2. The molecule has 0 bridgehead atoms. The predicted octanol–water partition coefficient (Wildman–Crippen LogP) is 0.704. The minimum absolute atomic E-state index is 0.0184. The van der Waals surface area contributed by atoms with Crippen LogP contribution in [-0.2, 0) is 105 Å². The smallest absolute Gasteiger partial charge is 0.323 e. The van der Waals surface area contributed by atoms with Gasteiger partial charge >= 0.3 is 23.9 Å². The lowest BCUT2D eigenvalue weighted by molar-refractivity contribution is -0.148. The van der Waals surface area contributed by atoms with Crippen molar-refractivity contribution in [2.45, 2.75) is 91.1 Å². The van der Waals surface area contributed by atoms with Crippen LogP contribution >= 0.6 is 0 Å². The normalized spacial score (nSPS) is 11.7. The maximum atomic E-state index is 11.9. The number of rotatable bonds is 51. The van der Waals surface area contributed by atoms with Gasteiger partial charge in [-0.1, -0.05) is 0 Å². The molecule has 0 spiro atoms. The Morgan fingerprint density at radius 1 is 0.324 bits per heavy atom. The number of likely N-dealkylation sites (N-methyl/N-ethyl adjacent to an activating group) is 1. The van der Waals surface area contributed by atoms with Gasteiger partial charge in [-0.25, -0.2) is 0 Å². The number of ether oxygens (including phenoxy) is 14. The molecule has 0 saturated heterocycles. The summed E-state index contributed by atoms with van der Waals surface area (Å²) in [7, 11) is 1.65. The second kappa shape index (κ2) is 52.4. The largest absolute Gasteiger partial charge is 0.463 e. The number of hydrogen-bond donors (Lipinski definition) is 2. The fourth-order valence-corrected chi connectivity index (χ4v) is 4.91. The molecular formula is C47H84N2O22. The number of ketones is 4. The highest BCUT2D eigenvalue weighted by Gasteiger charge is 2.18. The molecule has 0 aromatic rings. The molecule has 414 valence electrons. The first-order chi connectivity index (χ1) is 34.2. The number of carbonyl (C=O) groups is 8. The number of Topliss-reactive ketones (excluding diaryl/α,β-unsaturated/α-hetero) is 4. The molecule has 0 aliphatic rings. The van der Waals surface area contributed by atoms with E-state index < -0.39 is 36.0 Å². The number of esters is 4. The molecule has 0 aromatic heterocycles. The minimum Gasteiger partial charge on any atom is -0.463 e. The molecule has 24 nitrogen and oxygen atoms in total. The number of nitrogens with two attached hydrogens (primary N) is 1. The molecule has 2 atom stereocenters. The first kappa shape index (κ1) is 69.2. The molecule has 0 rings (SSSR count). The minimum atomic E-state index is -0.797. The van der Waals surface area contributed by atoms with Gasteiger partial charge in [0.25, 0.3) is 0 Å². The Labute approximate surface area is 418 Å². The van der Waals surface area contributed by atoms with Gasteiger partial charge in [-0.05, 0) is 47.6 Å². The third-order valence-electron chi connectivity index (χ3n) is 8.79. The predicted molar refractivity (Wildman–Crippen MR) is 253 cm³/mol. The van der Waals surface area contributed by atoms with Crippen LogP contribution in [0.25, 0.3) is 0 Å². The van der Waals surface area contributed by atoms with Crippen molar-refractivity contribution in [3.05, 3.63) is 0 Å². The monoisotopic (exact) mass is 1030 g/mol. The van der Waals surface area contributed by atoms with E-state index in [1.807, 2.05) is 0 Å². The van der Waals surface area contributed by atoms with Crippen molar-refractivity contribution in [1.82, 2.24) is 5.32 Å². The van der Waals surface area contributed by atoms with E-state index in [0.29, 0.717) is 119 Å². The second-order valence-corrected chi connectivity index (χ2v) is 15.2. The van der Waals surface area contributed by atoms with Crippen LogP contribution in [-0.4, -0.2) is 225 Å². The van der Waals surface area contributed by atoms with Crippen molar-refractivity contribution in [2.24, 2.45) is 5.73 Å². The Morgan fingerprint density at radius 2 is 0.563 bits per heavy atom. The Balaban J connectivity index is 0. The van der Waals surface area contributed by atoms with E-state index in [2.05, 4.69) is 5.32 Å². The van der Waals surface area contributed by atoms with Gasteiger partial charge < -0.3 is 96.5 Å². The quantitative estimate of drug-likeness (QED) is 0.0481. The van der Waals surface area contributed by atoms with E-state index in [-0.39, 0.29) is 115 Å². The summed E-state index contributed by atoms with van der Waals surface area (Å²) in [6.45, 7) is 13.8. The van der Waals surface area contributed by atoms with Crippen molar-refractivity contribution in [3.8, 4) is 0 Å². The van der Waals surface area contributed by atoms with Gasteiger partial charge in [0.2, 0.25) is 0 Å². The van der Waals surface area contributed by atoms with Crippen molar-refractivity contribution in [3.63, 3.8) is 0 Å². The van der Waals surface area contributed by atoms with E-state index in [1.165, 1.54) is 27.7 Å². The Kier molecular flexibility index (Phi) is 51.0. The fraction of sp³-hybridized carbons (Fsp3) is 0.830. The van der Waals surface area contributed by atoms with E-state index >= 15 is 0 Å². The Morgan fingerprint density at radius 3 is 0.831 bits per heavy atom. The zero-order chi connectivity index (χ0) is 53.0. The van der Waals surface area contributed by atoms with Crippen LogP contribution in [0.5, 0.6) is 0 Å². The molecular weight excluding hydrogens is 945 g/mol. The summed E-state index contributed by atoms with van der Waals surface area (Å²) in [5.74, 6) is -1.82. The van der Waals surface area contributed by atoms with Gasteiger partial charge in [0.1, 0.15) is 61.6 Å². The first-order valence-corrected chi connectivity index (χ1v) is 24.0. The molecule has 0 fully saturated rings. The summed E-state index contributed by atoms with van der Waals surface area (Å²) in [6, 6.07) is -1.29. The van der Waals surface area contributed by atoms with E-state index in [0.717, 1.165) is 0 Å². The average molecular weight is 1030 g/mol. The lowest BCUT2D eigenvalue weighted by Crippen LogP contribution is -2.36. The van der Waals surface area contributed by atoms with E-state index in [4.69, 9.17) is 72.0 Å². The number of nitrogens with one attached hydrogen (secondary N) is 1. The van der Waals surface area contributed by atoms with E-state index in [1.54, 1.807) is 7.05 Å². The van der Waals surface area contributed by atoms with Gasteiger partial charge in [-0.3, -0.25) is 19.2 Å². The summed E-state index contributed by atoms with van der Waals surface area (Å²) >= 11 is 0. The Bertz CT molecular complexity index is 1390. The average Bonchev–Trinajstić information content (AvgIpc) is 3.33. The van der Waals surface area contributed by atoms with Gasteiger partial charge in [0.05, 0.1) is 145 Å². The number of carbonyl (C=O) groups excluding carboxylic acids is 8. The molecule has 24 heteroatoms. The lowest BCUT2D eigenvalue weighted by atomic mass is 10.1. The SMILES string of the molecule is CC(=O)CCC(=O)OCCOCCOCCOCCOCCOCCOC(=O)C(N)CCC(C)=O.CNC(CCC(C)=O)C(=O)OCCOCCOCCOCCOCCOCCOC(=O)CCC(C)=O. The molecule has 0 heterocycles. The van der Waals surface area contributed by atoms with Gasteiger partial charge in [0.15, 0.2) is 0 Å². The summed E-state index contributed by atoms with van der Waals surface area (Å²) in [5.41, 5.74) is 5.63. The molecule has 3 N–H and O–H groups in total. The van der Waals surface area contributed by atoms with Crippen LogP contribution in [0.2, 0.25) is 0 Å². The molecule has 0 amide bonds. The van der Waals surface area contributed by atoms with Crippen LogP contribution in [0, 0.1) is 0 Å². The van der Waals surface area contributed by atoms with Crippen molar-refractivity contribution in [2.75, 3.05) is 166 Å². The molecule has 0 radical (unpaired) electrons. The fourth-order valence-electron chi connectivity index (χ4n) is 4.91. The van der Waals surface area contributed by atoms with Crippen LogP contribution in [0.1, 0.15) is 79.1 Å². The third-order valence-corrected chi connectivity index (χ3v) is 8.79. The van der Waals surface area contributed by atoms with Gasteiger partial charge in [-0.15, -0.1) is 0 Å². The van der Waals surface area contributed by atoms with E-state index in [9.17, 15) is 38.4 Å². The second-order valence-electron chi connectivity index (χ2n) is 15.2. The number of hydrogen-bond acceptors (Lipinski definition) is 24. The standard InChI is InChI=1S/C24H43NO11.C23H41NO11/c1-20(26)4-6-22(25-3)24(29)36-19-17-34-15-13-32-11-9-30-8-10-31-12-14-33-16-18-35-23(28)7-5-21(2)27;1-19(25)3-5-21(24)23(28)35-18-16-33-14-12-31-10-8-29-7-9-30-11-13-32-15-17-34-22(27)6-4-20(2)26/h22,25H,4-19H2,1-3H3;21H,3-18,24H2,1-2H3. The van der Waals surface area contributed by atoms with Crippen LogP contribution in [0.4, 0.5) is 0 Å². The molecule has 71 heavy (non-hydrogen) atoms. The zero-order valence-corrected chi connectivity index (χ0v) is 42.8. The Hall–Kier alpha value is -3.92.